The number of hydrogen-bond donors (Lipinski definition) is 0. The van der Waals surface area contributed by atoms with Crippen molar-refractivity contribution >= 4 is 5.91 Å². The zero-order valence-electron chi connectivity index (χ0n) is 14.2. The lowest BCUT2D eigenvalue weighted by atomic mass is 9.96. The molecule has 2 aromatic rings. The molecule has 3 heterocycles. The third-order valence-corrected chi connectivity index (χ3v) is 4.74. The molecule has 1 aromatic heterocycles. The Balaban J connectivity index is 1.35. The van der Waals surface area contributed by atoms with Gasteiger partial charge < -0.3 is 18.9 Å². The lowest BCUT2D eigenvalue weighted by Crippen LogP contribution is -2.48. The molecule has 2 aliphatic heterocycles. The molecule has 0 aliphatic carbocycles. The van der Waals surface area contributed by atoms with Crippen LogP contribution in [0.4, 0.5) is 0 Å². The molecular formula is C18H21N3O4. The van der Waals surface area contributed by atoms with E-state index in [-0.39, 0.29) is 18.4 Å². The highest BCUT2D eigenvalue weighted by Crippen LogP contribution is 2.32. The normalized spacial score (nSPS) is 20.5. The summed E-state index contributed by atoms with van der Waals surface area (Å²) in [5.41, 5.74) is 0. The lowest BCUT2D eigenvalue weighted by molar-refractivity contribution is -0.142. The molecule has 0 N–H and O–H groups in total. The second-order valence-electron chi connectivity index (χ2n) is 6.37. The van der Waals surface area contributed by atoms with Gasteiger partial charge in [0.05, 0.1) is 0 Å². The van der Waals surface area contributed by atoms with Crippen molar-refractivity contribution in [3.05, 3.63) is 36.0 Å². The van der Waals surface area contributed by atoms with Crippen molar-refractivity contribution in [1.29, 1.82) is 0 Å². The predicted octanol–water partition coefficient (Wildman–Crippen LogP) is 2.18. The number of carbonyl (C=O) groups is 1. The average Bonchev–Trinajstić information content (AvgIpc) is 3.16. The third kappa shape index (κ3) is 3.18. The summed E-state index contributed by atoms with van der Waals surface area (Å²) >= 11 is 0. The van der Waals surface area contributed by atoms with Gasteiger partial charge in [0.15, 0.2) is 17.3 Å². The van der Waals surface area contributed by atoms with Crippen LogP contribution in [0.2, 0.25) is 0 Å². The number of piperidine rings is 1. The predicted molar refractivity (Wildman–Crippen MR) is 88.6 cm³/mol. The van der Waals surface area contributed by atoms with Gasteiger partial charge in [0.25, 0.3) is 5.91 Å². The molecule has 0 bridgehead atoms. The number of para-hydroxylation sites is 2. The molecule has 25 heavy (non-hydrogen) atoms. The SMILES string of the molecule is CCc1noc(C2CCN(C(=O)[C@@H]3COc4ccccc4O3)CC2)n1. The summed E-state index contributed by atoms with van der Waals surface area (Å²) in [5.74, 6) is 2.94. The first-order valence-corrected chi connectivity index (χ1v) is 8.74. The Bertz CT molecular complexity index is 752. The van der Waals surface area contributed by atoms with Crippen LogP contribution in [0.15, 0.2) is 28.8 Å². The Hall–Kier alpha value is -2.57. The third-order valence-electron chi connectivity index (χ3n) is 4.74. The van der Waals surface area contributed by atoms with Gasteiger partial charge in [0, 0.05) is 25.4 Å². The summed E-state index contributed by atoms with van der Waals surface area (Å²) in [4.78, 5) is 19.0. The minimum atomic E-state index is -0.582. The van der Waals surface area contributed by atoms with Crippen molar-refractivity contribution in [2.45, 2.75) is 38.2 Å². The first kappa shape index (κ1) is 15.9. The molecule has 132 valence electrons. The molecule has 4 rings (SSSR count). The Kier molecular flexibility index (Phi) is 4.29. The number of nitrogens with zero attached hydrogens (tertiary/aromatic N) is 3. The van der Waals surface area contributed by atoms with Crippen LogP contribution >= 0.6 is 0 Å². The van der Waals surface area contributed by atoms with Gasteiger partial charge in [-0.15, -0.1) is 0 Å². The smallest absolute Gasteiger partial charge is 0.267 e. The highest BCUT2D eigenvalue weighted by Gasteiger charge is 2.34. The number of aromatic nitrogens is 2. The van der Waals surface area contributed by atoms with E-state index in [1.165, 1.54) is 0 Å². The molecule has 1 saturated heterocycles. The summed E-state index contributed by atoms with van der Waals surface area (Å²) in [6.07, 6.45) is 1.82. The number of likely N-dealkylation sites (tertiary alicyclic amines) is 1. The summed E-state index contributed by atoms with van der Waals surface area (Å²) in [7, 11) is 0. The minimum Gasteiger partial charge on any atom is -0.485 e. The van der Waals surface area contributed by atoms with Crippen LogP contribution < -0.4 is 9.47 Å². The summed E-state index contributed by atoms with van der Waals surface area (Å²) in [6, 6.07) is 7.42. The van der Waals surface area contributed by atoms with Gasteiger partial charge in [-0.2, -0.15) is 4.98 Å². The summed E-state index contributed by atoms with van der Waals surface area (Å²) in [6.45, 7) is 3.57. The number of ether oxygens (including phenoxy) is 2. The largest absolute Gasteiger partial charge is 0.485 e. The Morgan fingerprint density at radius 2 is 2.00 bits per heavy atom. The van der Waals surface area contributed by atoms with Gasteiger partial charge in [-0.3, -0.25) is 4.79 Å². The van der Waals surface area contributed by atoms with Crippen molar-refractivity contribution in [2.75, 3.05) is 19.7 Å². The van der Waals surface area contributed by atoms with E-state index < -0.39 is 6.10 Å². The van der Waals surface area contributed by atoms with E-state index in [4.69, 9.17) is 14.0 Å². The number of carbonyl (C=O) groups excluding carboxylic acids is 1. The van der Waals surface area contributed by atoms with Crippen molar-refractivity contribution in [3.63, 3.8) is 0 Å². The first-order valence-electron chi connectivity index (χ1n) is 8.74. The Morgan fingerprint density at radius 3 is 2.72 bits per heavy atom. The second kappa shape index (κ2) is 6.74. The number of fused-ring (bicyclic) bond motifs is 1. The van der Waals surface area contributed by atoms with Crippen LogP contribution in [-0.4, -0.2) is 46.7 Å². The van der Waals surface area contributed by atoms with Gasteiger partial charge in [0.1, 0.15) is 6.61 Å². The van der Waals surface area contributed by atoms with E-state index in [0.29, 0.717) is 30.5 Å². The molecule has 7 nitrogen and oxygen atoms in total. The van der Waals surface area contributed by atoms with Crippen LogP contribution in [0, 0.1) is 0 Å². The molecule has 0 spiro atoms. The molecule has 1 fully saturated rings. The Morgan fingerprint density at radius 1 is 1.24 bits per heavy atom. The molecule has 1 amide bonds. The minimum absolute atomic E-state index is 0.0206. The monoisotopic (exact) mass is 343 g/mol. The maximum absolute atomic E-state index is 12.7. The molecule has 0 radical (unpaired) electrons. The topological polar surface area (TPSA) is 77.7 Å². The van der Waals surface area contributed by atoms with Crippen LogP contribution in [0.5, 0.6) is 11.5 Å². The van der Waals surface area contributed by atoms with E-state index in [2.05, 4.69) is 10.1 Å². The number of amides is 1. The van der Waals surface area contributed by atoms with Crippen molar-refractivity contribution in [2.24, 2.45) is 0 Å². The fraction of sp³-hybridized carbons (Fsp3) is 0.500. The molecule has 0 saturated carbocycles. The van der Waals surface area contributed by atoms with Crippen LogP contribution in [0.1, 0.15) is 37.4 Å². The van der Waals surface area contributed by atoms with E-state index >= 15 is 0 Å². The number of hydrogen-bond acceptors (Lipinski definition) is 6. The van der Waals surface area contributed by atoms with Gasteiger partial charge in [-0.1, -0.05) is 24.2 Å². The van der Waals surface area contributed by atoms with Crippen molar-refractivity contribution < 1.29 is 18.8 Å². The summed E-state index contributed by atoms with van der Waals surface area (Å²) in [5, 5.41) is 3.96. The fourth-order valence-corrected chi connectivity index (χ4v) is 3.27. The number of rotatable bonds is 3. The van der Waals surface area contributed by atoms with E-state index in [1.54, 1.807) is 0 Å². The van der Waals surface area contributed by atoms with E-state index in [1.807, 2.05) is 36.1 Å². The molecule has 1 aromatic carbocycles. The highest BCUT2D eigenvalue weighted by molar-refractivity contribution is 5.82. The Labute approximate surface area is 145 Å². The first-order chi connectivity index (χ1) is 12.2. The molecular weight excluding hydrogens is 322 g/mol. The van der Waals surface area contributed by atoms with Crippen LogP contribution in [0.3, 0.4) is 0 Å². The van der Waals surface area contributed by atoms with Crippen molar-refractivity contribution in [3.8, 4) is 11.5 Å². The maximum atomic E-state index is 12.7. The van der Waals surface area contributed by atoms with Crippen LogP contribution in [0.25, 0.3) is 0 Å². The maximum Gasteiger partial charge on any atom is 0.267 e. The van der Waals surface area contributed by atoms with Gasteiger partial charge in [-0.25, -0.2) is 0 Å². The van der Waals surface area contributed by atoms with Crippen molar-refractivity contribution in [1.82, 2.24) is 15.0 Å². The molecule has 7 heteroatoms. The molecule has 0 unspecified atom stereocenters. The quantitative estimate of drug-likeness (QED) is 0.850. The standard InChI is InChI=1S/C18H21N3O4/c1-2-16-19-17(25-20-16)12-7-9-21(10-8-12)18(22)15-11-23-13-5-3-4-6-14(13)24-15/h3-6,12,15H,2,7-11H2,1H3/t15-/m0/s1. The summed E-state index contributed by atoms with van der Waals surface area (Å²) < 4.78 is 16.8. The van der Waals surface area contributed by atoms with Gasteiger partial charge >= 0.3 is 0 Å². The second-order valence-corrected chi connectivity index (χ2v) is 6.37. The van der Waals surface area contributed by atoms with Gasteiger partial charge in [0.2, 0.25) is 12.0 Å². The number of aryl methyl sites for hydroxylation is 1. The fourth-order valence-electron chi connectivity index (χ4n) is 3.27. The van der Waals surface area contributed by atoms with Crippen LogP contribution in [-0.2, 0) is 11.2 Å². The van der Waals surface area contributed by atoms with E-state index in [9.17, 15) is 4.79 Å². The zero-order chi connectivity index (χ0) is 17.2. The average molecular weight is 343 g/mol. The molecule has 2 aliphatic rings. The highest BCUT2D eigenvalue weighted by atomic mass is 16.6. The zero-order valence-corrected chi connectivity index (χ0v) is 14.2. The van der Waals surface area contributed by atoms with Gasteiger partial charge in [-0.05, 0) is 25.0 Å². The lowest BCUT2D eigenvalue weighted by Gasteiger charge is -2.34. The number of benzene rings is 1. The van der Waals surface area contributed by atoms with E-state index in [0.717, 1.165) is 25.1 Å². The molecule has 1 atom stereocenters.